The summed E-state index contributed by atoms with van der Waals surface area (Å²) in [6, 6.07) is 16.7. The second-order valence-electron chi connectivity index (χ2n) is 9.77. The molecular weight excluding hydrogens is 471 g/mol. The fourth-order valence-electron chi connectivity index (χ4n) is 4.95. The molecule has 0 unspecified atom stereocenters. The molecule has 1 amide bonds. The molecule has 2 aromatic carbocycles. The highest BCUT2D eigenvalue weighted by molar-refractivity contribution is 7.98. The third kappa shape index (κ3) is 5.31. The molecule has 4 aromatic rings. The summed E-state index contributed by atoms with van der Waals surface area (Å²) in [5.74, 6) is 1.40. The first-order valence-electron chi connectivity index (χ1n) is 12.6. The lowest BCUT2D eigenvalue weighted by molar-refractivity contribution is 0.0891. The van der Waals surface area contributed by atoms with Gasteiger partial charge in [0.05, 0.1) is 23.8 Å². The number of halogens is 1. The van der Waals surface area contributed by atoms with E-state index in [4.69, 9.17) is 4.98 Å². The van der Waals surface area contributed by atoms with Crippen molar-refractivity contribution in [3.05, 3.63) is 89.5 Å². The van der Waals surface area contributed by atoms with Crippen LogP contribution in [0.5, 0.6) is 0 Å². The third-order valence-corrected chi connectivity index (χ3v) is 8.44. The van der Waals surface area contributed by atoms with Crippen LogP contribution in [0.1, 0.15) is 54.6 Å². The molecule has 0 aliphatic heterocycles. The van der Waals surface area contributed by atoms with Gasteiger partial charge >= 0.3 is 0 Å². The maximum atomic E-state index is 14.2. The van der Waals surface area contributed by atoms with E-state index < -0.39 is 0 Å². The van der Waals surface area contributed by atoms with Gasteiger partial charge in [-0.25, -0.2) is 9.37 Å². The van der Waals surface area contributed by atoms with Crippen molar-refractivity contribution >= 4 is 28.7 Å². The van der Waals surface area contributed by atoms with Gasteiger partial charge in [-0.05, 0) is 53.6 Å². The molecule has 0 spiro atoms. The average molecular weight is 503 g/mol. The third-order valence-electron chi connectivity index (χ3n) is 7.41. The van der Waals surface area contributed by atoms with Crippen LogP contribution in [0.4, 0.5) is 4.39 Å². The molecular formula is C29H31FN4OS. The number of pyridine rings is 1. The highest BCUT2D eigenvalue weighted by Gasteiger charge is 2.28. The van der Waals surface area contributed by atoms with Gasteiger partial charge in [0.2, 0.25) is 0 Å². The Kier molecular flexibility index (Phi) is 7.37. The number of hydrogen-bond donors (Lipinski definition) is 1. The van der Waals surface area contributed by atoms with Gasteiger partial charge in [-0.3, -0.25) is 9.78 Å². The minimum atomic E-state index is -0.208. The smallest absolute Gasteiger partial charge is 0.251 e. The fraction of sp³-hybridized carbons (Fsp3) is 0.345. The van der Waals surface area contributed by atoms with Gasteiger partial charge in [0.25, 0.3) is 5.91 Å². The quantitative estimate of drug-likeness (QED) is 0.295. The Morgan fingerprint density at radius 2 is 1.92 bits per heavy atom. The van der Waals surface area contributed by atoms with Gasteiger partial charge < -0.3 is 9.88 Å². The zero-order valence-corrected chi connectivity index (χ0v) is 21.5. The van der Waals surface area contributed by atoms with Crippen LogP contribution in [0.15, 0.2) is 72.1 Å². The van der Waals surface area contributed by atoms with Crippen molar-refractivity contribution in [3.8, 4) is 0 Å². The van der Waals surface area contributed by atoms with Crippen molar-refractivity contribution in [3.63, 3.8) is 0 Å². The molecule has 2 aromatic heterocycles. The van der Waals surface area contributed by atoms with Crippen LogP contribution >= 0.6 is 11.8 Å². The zero-order valence-electron chi connectivity index (χ0n) is 20.7. The number of thioether (sulfide) groups is 1. The molecule has 2 heterocycles. The van der Waals surface area contributed by atoms with Gasteiger partial charge in [0, 0.05) is 23.6 Å². The molecule has 0 radical (unpaired) electrons. The molecule has 1 N–H and O–H groups in total. The van der Waals surface area contributed by atoms with E-state index in [-0.39, 0.29) is 17.8 Å². The number of nitrogens with one attached hydrogen (secondary N) is 1. The van der Waals surface area contributed by atoms with Gasteiger partial charge in [0.15, 0.2) is 5.16 Å². The minimum absolute atomic E-state index is 0.00841. The van der Waals surface area contributed by atoms with Crippen LogP contribution < -0.4 is 5.32 Å². The van der Waals surface area contributed by atoms with E-state index in [1.165, 1.54) is 30.7 Å². The summed E-state index contributed by atoms with van der Waals surface area (Å²) in [5, 5.41) is 4.06. The van der Waals surface area contributed by atoms with Crippen molar-refractivity contribution in [2.75, 3.05) is 0 Å². The van der Waals surface area contributed by atoms with E-state index in [2.05, 4.69) is 28.7 Å². The second-order valence-corrected chi connectivity index (χ2v) is 10.7. The van der Waals surface area contributed by atoms with Crippen molar-refractivity contribution in [1.82, 2.24) is 19.9 Å². The van der Waals surface area contributed by atoms with E-state index in [9.17, 15) is 9.18 Å². The molecule has 5 nitrogen and oxygen atoms in total. The summed E-state index contributed by atoms with van der Waals surface area (Å²) in [7, 11) is 0. The van der Waals surface area contributed by atoms with Crippen LogP contribution in [0.3, 0.4) is 0 Å². The maximum Gasteiger partial charge on any atom is 0.251 e. The van der Waals surface area contributed by atoms with Gasteiger partial charge in [-0.1, -0.05) is 68.8 Å². The molecule has 1 saturated carbocycles. The van der Waals surface area contributed by atoms with E-state index in [1.54, 1.807) is 18.3 Å². The molecule has 3 atom stereocenters. The maximum absolute atomic E-state index is 14.2. The summed E-state index contributed by atoms with van der Waals surface area (Å²) >= 11 is 1.51. The summed E-state index contributed by atoms with van der Waals surface area (Å²) < 4.78 is 16.3. The number of nitrogens with zero attached hydrogens (tertiary/aromatic N) is 3. The highest BCUT2D eigenvalue weighted by atomic mass is 32.2. The zero-order chi connectivity index (χ0) is 25.1. The van der Waals surface area contributed by atoms with E-state index in [1.807, 2.05) is 42.6 Å². The van der Waals surface area contributed by atoms with Gasteiger partial charge in [-0.15, -0.1) is 0 Å². The van der Waals surface area contributed by atoms with Crippen LogP contribution in [-0.2, 0) is 12.3 Å². The molecule has 7 heteroatoms. The summed E-state index contributed by atoms with van der Waals surface area (Å²) in [4.78, 5) is 22.0. The number of carbonyl (C=O) groups excluding carboxylic acids is 1. The fourth-order valence-corrected chi connectivity index (χ4v) is 5.95. The summed E-state index contributed by atoms with van der Waals surface area (Å²) in [5.41, 5.74) is 4.16. The highest BCUT2D eigenvalue weighted by Crippen LogP contribution is 2.30. The van der Waals surface area contributed by atoms with Crippen molar-refractivity contribution in [2.45, 2.75) is 56.6 Å². The van der Waals surface area contributed by atoms with Crippen LogP contribution in [0, 0.1) is 17.7 Å². The Hall–Kier alpha value is -3.19. The first kappa shape index (κ1) is 24.5. The number of hydrogen-bond acceptors (Lipinski definition) is 4. The monoisotopic (exact) mass is 502 g/mol. The van der Waals surface area contributed by atoms with Crippen molar-refractivity contribution < 1.29 is 9.18 Å². The number of imidazole rings is 1. The number of benzene rings is 2. The number of amides is 1. The minimum Gasteiger partial charge on any atom is -0.349 e. The Morgan fingerprint density at radius 3 is 2.72 bits per heavy atom. The van der Waals surface area contributed by atoms with E-state index in [0.717, 1.165) is 28.2 Å². The predicted octanol–water partition coefficient (Wildman–Crippen LogP) is 6.47. The first-order valence-corrected chi connectivity index (χ1v) is 13.5. The first-order chi connectivity index (χ1) is 17.5. The van der Waals surface area contributed by atoms with Crippen LogP contribution in [0.2, 0.25) is 0 Å². The molecule has 0 saturated heterocycles. The molecule has 1 fully saturated rings. The Bertz CT molecular complexity index is 1350. The Labute approximate surface area is 215 Å². The van der Waals surface area contributed by atoms with Crippen LogP contribution in [-0.4, -0.2) is 26.5 Å². The van der Waals surface area contributed by atoms with Crippen LogP contribution in [0.25, 0.3) is 11.0 Å². The Balaban J connectivity index is 1.32. The Morgan fingerprint density at radius 1 is 1.11 bits per heavy atom. The van der Waals surface area contributed by atoms with E-state index in [0.29, 0.717) is 35.3 Å². The lowest BCUT2D eigenvalue weighted by Gasteiger charge is -2.34. The van der Waals surface area contributed by atoms with Gasteiger partial charge in [-0.2, -0.15) is 0 Å². The van der Waals surface area contributed by atoms with Crippen molar-refractivity contribution in [1.29, 1.82) is 0 Å². The topological polar surface area (TPSA) is 59.8 Å². The van der Waals surface area contributed by atoms with Crippen molar-refractivity contribution in [2.24, 2.45) is 11.8 Å². The molecule has 186 valence electrons. The normalized spacial score (nSPS) is 19.9. The SMILES string of the molecule is C[C@@H]1[C@H](C)CCC[C@@H]1NC(=O)c1ccc(Cn2c(SCc3ccccc3F)nc3ccncc32)cc1. The number of carbonyl (C=O) groups is 1. The number of aromatic nitrogens is 3. The largest absolute Gasteiger partial charge is 0.349 e. The standard InChI is InChI=1S/C29H31FN4OS/c1-19-6-5-9-25(20(19)2)32-28(35)22-12-10-21(11-13-22)17-34-27-16-31-15-14-26(27)33-29(34)36-18-23-7-3-4-8-24(23)30/h3-4,7-8,10-16,19-20,25H,5-6,9,17-18H2,1-2H3,(H,32,35)/t19-,20-,25+/m1/s1. The summed E-state index contributed by atoms with van der Waals surface area (Å²) in [6.45, 7) is 5.10. The predicted molar refractivity (Wildman–Crippen MR) is 142 cm³/mol. The summed E-state index contributed by atoms with van der Waals surface area (Å²) in [6.07, 6.45) is 6.99. The molecule has 5 rings (SSSR count). The molecule has 1 aliphatic rings. The molecule has 36 heavy (non-hydrogen) atoms. The number of rotatable bonds is 7. The van der Waals surface area contributed by atoms with Gasteiger partial charge in [0.1, 0.15) is 5.82 Å². The average Bonchev–Trinajstić information content (AvgIpc) is 3.24. The molecule has 1 aliphatic carbocycles. The molecule has 0 bridgehead atoms. The second kappa shape index (κ2) is 10.8. The number of fused-ring (bicyclic) bond motifs is 1. The van der Waals surface area contributed by atoms with E-state index >= 15 is 0 Å². The lowest BCUT2D eigenvalue weighted by Crippen LogP contribution is -2.43. The lowest BCUT2D eigenvalue weighted by atomic mass is 9.78.